The van der Waals surface area contributed by atoms with Crippen LogP contribution >= 0.6 is 12.4 Å². The third-order valence-electron chi connectivity index (χ3n) is 4.17. The normalized spacial score (nSPS) is 17.8. The van der Waals surface area contributed by atoms with Crippen molar-refractivity contribution in [2.45, 2.75) is 25.9 Å². The highest BCUT2D eigenvalue weighted by Crippen LogP contribution is 2.08. The van der Waals surface area contributed by atoms with Crippen LogP contribution < -0.4 is 11.1 Å². The highest BCUT2D eigenvalue weighted by atomic mass is 35.5. The summed E-state index contributed by atoms with van der Waals surface area (Å²) >= 11 is 0. The lowest BCUT2D eigenvalue weighted by Crippen LogP contribution is -2.53. The Morgan fingerprint density at radius 2 is 2.04 bits per heavy atom. The third kappa shape index (κ3) is 6.47. The molecule has 6 nitrogen and oxygen atoms in total. The van der Waals surface area contributed by atoms with Gasteiger partial charge in [-0.3, -0.25) is 14.5 Å². The van der Waals surface area contributed by atoms with Crippen molar-refractivity contribution in [1.82, 2.24) is 15.1 Å². The molecule has 24 heavy (non-hydrogen) atoms. The molecule has 0 saturated carbocycles. The maximum absolute atomic E-state index is 12.7. The van der Waals surface area contributed by atoms with E-state index >= 15 is 0 Å². The number of nitrogens with zero attached hydrogens (tertiary/aromatic N) is 2. The van der Waals surface area contributed by atoms with Gasteiger partial charge in [-0.15, -0.1) is 12.4 Å². The highest BCUT2D eigenvalue weighted by Gasteiger charge is 2.23. The van der Waals surface area contributed by atoms with E-state index in [2.05, 4.69) is 17.1 Å². The minimum Gasteiger partial charge on any atom is -0.370 e. The Morgan fingerprint density at radius 3 is 2.67 bits per heavy atom. The monoisotopic (exact) mass is 354 g/mol. The molecule has 0 aromatic heterocycles. The number of amides is 2. The summed E-state index contributed by atoms with van der Waals surface area (Å²) in [6.45, 7) is 6.03. The van der Waals surface area contributed by atoms with Gasteiger partial charge in [-0.1, -0.05) is 30.3 Å². The second kappa shape index (κ2) is 10.3. The molecule has 0 radical (unpaired) electrons. The van der Waals surface area contributed by atoms with Crippen LogP contribution in [0.15, 0.2) is 30.3 Å². The van der Waals surface area contributed by atoms with Gasteiger partial charge in [0.1, 0.15) is 0 Å². The van der Waals surface area contributed by atoms with Gasteiger partial charge in [-0.05, 0) is 12.5 Å². The van der Waals surface area contributed by atoms with Crippen LogP contribution in [0.1, 0.15) is 18.9 Å². The van der Waals surface area contributed by atoms with Gasteiger partial charge in [-0.2, -0.15) is 0 Å². The fraction of sp³-hybridized carbons (Fsp3) is 0.529. The second-order valence-electron chi connectivity index (χ2n) is 6.04. The van der Waals surface area contributed by atoms with Crippen molar-refractivity contribution >= 4 is 24.2 Å². The molecule has 1 aromatic carbocycles. The van der Waals surface area contributed by atoms with Gasteiger partial charge in [-0.25, -0.2) is 0 Å². The van der Waals surface area contributed by atoms with Gasteiger partial charge < -0.3 is 16.0 Å². The number of hydrogen-bond acceptors (Lipinski definition) is 4. The summed E-state index contributed by atoms with van der Waals surface area (Å²) in [6, 6.07) is 10.1. The van der Waals surface area contributed by atoms with E-state index in [-0.39, 0.29) is 30.6 Å². The Bertz CT molecular complexity index is 527. The molecule has 1 aromatic rings. The molecular formula is C17H27ClN4O2. The zero-order valence-corrected chi connectivity index (χ0v) is 14.9. The van der Waals surface area contributed by atoms with Crippen molar-refractivity contribution in [2.24, 2.45) is 5.73 Å². The summed E-state index contributed by atoms with van der Waals surface area (Å²) in [5.74, 6) is -0.338. The molecule has 1 heterocycles. The van der Waals surface area contributed by atoms with Gasteiger partial charge >= 0.3 is 0 Å². The molecule has 0 unspecified atom stereocenters. The first kappa shape index (κ1) is 20.4. The number of halogens is 1. The zero-order chi connectivity index (χ0) is 16.7. The molecule has 134 valence electrons. The molecule has 2 amide bonds. The maximum Gasteiger partial charge on any atom is 0.237 e. The van der Waals surface area contributed by atoms with E-state index in [1.54, 1.807) is 4.90 Å². The van der Waals surface area contributed by atoms with Crippen molar-refractivity contribution in [3.8, 4) is 0 Å². The lowest BCUT2D eigenvalue weighted by molar-refractivity contribution is -0.134. The summed E-state index contributed by atoms with van der Waals surface area (Å²) in [5.41, 5.74) is 6.30. The molecule has 1 atom stereocenters. The van der Waals surface area contributed by atoms with Crippen molar-refractivity contribution in [2.75, 3.05) is 32.7 Å². The second-order valence-corrected chi connectivity index (χ2v) is 6.04. The van der Waals surface area contributed by atoms with Crippen LogP contribution in [0.2, 0.25) is 0 Å². The van der Waals surface area contributed by atoms with Crippen LogP contribution in [-0.4, -0.2) is 60.4 Å². The number of nitrogens with two attached hydrogens (primary N) is 1. The average Bonchev–Trinajstić information content (AvgIpc) is 2.54. The smallest absolute Gasteiger partial charge is 0.237 e. The largest absolute Gasteiger partial charge is 0.370 e. The molecular weight excluding hydrogens is 328 g/mol. The third-order valence-corrected chi connectivity index (χ3v) is 4.17. The van der Waals surface area contributed by atoms with Crippen LogP contribution in [-0.2, 0) is 16.1 Å². The quantitative estimate of drug-likeness (QED) is 0.752. The van der Waals surface area contributed by atoms with Crippen LogP contribution in [0.4, 0.5) is 0 Å². The molecule has 2 rings (SSSR count). The summed E-state index contributed by atoms with van der Waals surface area (Å²) in [6.07, 6.45) is 0.190. The van der Waals surface area contributed by atoms with E-state index in [1.165, 1.54) is 0 Å². The Labute approximate surface area is 149 Å². The molecule has 3 N–H and O–H groups in total. The zero-order valence-electron chi connectivity index (χ0n) is 14.1. The predicted octanol–water partition coefficient (Wildman–Crippen LogP) is 0.606. The van der Waals surface area contributed by atoms with E-state index in [0.717, 1.165) is 25.2 Å². The van der Waals surface area contributed by atoms with Gasteiger partial charge in [0.15, 0.2) is 0 Å². The molecule has 0 bridgehead atoms. The topological polar surface area (TPSA) is 78.7 Å². The number of primary amides is 1. The minimum atomic E-state index is -0.383. The van der Waals surface area contributed by atoms with E-state index in [9.17, 15) is 9.59 Å². The first-order chi connectivity index (χ1) is 11.1. The molecule has 7 heteroatoms. The lowest BCUT2D eigenvalue weighted by Gasteiger charge is -2.35. The Kier molecular flexibility index (Phi) is 8.74. The van der Waals surface area contributed by atoms with Crippen molar-refractivity contribution < 1.29 is 9.59 Å². The summed E-state index contributed by atoms with van der Waals surface area (Å²) < 4.78 is 0. The standard InChI is InChI=1S/C17H26N4O2.ClH/c1-14-11-19-8-10-20(14)13-17(23)21(9-7-16(18)22)12-15-5-3-2-4-6-15;/h2-6,14,19H,7-13H2,1H3,(H2,18,22);1H/t14-;/m0./s1. The fourth-order valence-electron chi connectivity index (χ4n) is 2.73. The highest BCUT2D eigenvalue weighted by molar-refractivity contribution is 5.85. The van der Waals surface area contributed by atoms with E-state index in [4.69, 9.17) is 5.73 Å². The molecule has 1 fully saturated rings. The van der Waals surface area contributed by atoms with Crippen LogP contribution in [0.5, 0.6) is 0 Å². The molecule has 1 aliphatic heterocycles. The van der Waals surface area contributed by atoms with Gasteiger partial charge in [0.2, 0.25) is 11.8 Å². The van der Waals surface area contributed by atoms with E-state index in [0.29, 0.717) is 25.7 Å². The summed E-state index contributed by atoms with van der Waals surface area (Å²) in [7, 11) is 0. The van der Waals surface area contributed by atoms with Crippen LogP contribution in [0, 0.1) is 0 Å². The SMILES string of the molecule is C[C@H]1CNCCN1CC(=O)N(CCC(N)=O)Cc1ccccc1.Cl. The maximum atomic E-state index is 12.7. The molecule has 1 saturated heterocycles. The number of carbonyl (C=O) groups is 2. The van der Waals surface area contributed by atoms with Crippen molar-refractivity contribution in [3.05, 3.63) is 35.9 Å². The molecule has 0 spiro atoms. The number of rotatable bonds is 7. The predicted molar refractivity (Wildman–Crippen MR) is 96.8 cm³/mol. The summed E-state index contributed by atoms with van der Waals surface area (Å²) in [5, 5.41) is 3.32. The number of hydrogen-bond donors (Lipinski definition) is 2. The van der Waals surface area contributed by atoms with Gasteiger partial charge in [0.25, 0.3) is 0 Å². The van der Waals surface area contributed by atoms with Crippen molar-refractivity contribution in [1.29, 1.82) is 0 Å². The van der Waals surface area contributed by atoms with E-state index < -0.39 is 0 Å². The Balaban J connectivity index is 0.00000288. The molecule has 1 aliphatic rings. The number of carbonyl (C=O) groups excluding carboxylic acids is 2. The van der Waals surface area contributed by atoms with E-state index in [1.807, 2.05) is 30.3 Å². The lowest BCUT2D eigenvalue weighted by atomic mass is 10.2. The van der Waals surface area contributed by atoms with Gasteiger partial charge in [0, 0.05) is 45.2 Å². The first-order valence-electron chi connectivity index (χ1n) is 8.11. The Morgan fingerprint density at radius 1 is 1.33 bits per heavy atom. The number of benzene rings is 1. The first-order valence-corrected chi connectivity index (χ1v) is 8.11. The van der Waals surface area contributed by atoms with Crippen LogP contribution in [0.25, 0.3) is 0 Å². The van der Waals surface area contributed by atoms with Crippen LogP contribution in [0.3, 0.4) is 0 Å². The molecule has 0 aliphatic carbocycles. The fourth-order valence-corrected chi connectivity index (χ4v) is 2.73. The van der Waals surface area contributed by atoms with Crippen molar-refractivity contribution in [3.63, 3.8) is 0 Å². The minimum absolute atomic E-state index is 0. The Hall–Kier alpha value is -1.63. The number of piperazine rings is 1. The van der Waals surface area contributed by atoms with Gasteiger partial charge in [0.05, 0.1) is 6.54 Å². The average molecular weight is 355 g/mol. The number of nitrogens with one attached hydrogen (secondary N) is 1. The summed E-state index contributed by atoms with van der Waals surface area (Å²) in [4.78, 5) is 27.7.